The van der Waals surface area contributed by atoms with Gasteiger partial charge in [-0.05, 0) is 18.2 Å². The number of carbonyl (C=O) groups excluding carboxylic acids is 1. The molecule has 6 heteroatoms. The molecule has 2 aromatic rings. The molecular formula is C10H8F2N2OS. The first-order valence-corrected chi connectivity index (χ1v) is 5.31. The average Bonchev–Trinajstić information content (AvgIpc) is 2.83. The molecule has 0 atom stereocenters. The van der Waals surface area contributed by atoms with Crippen molar-refractivity contribution in [3.05, 3.63) is 28.8 Å². The second kappa shape index (κ2) is 4.13. The minimum absolute atomic E-state index is 0.129. The summed E-state index contributed by atoms with van der Waals surface area (Å²) >= 11 is 1.23. The number of aldehydes is 1. The molecule has 2 heterocycles. The number of nitrogens with zero attached hydrogens (tertiary/aromatic N) is 2. The Morgan fingerprint density at radius 3 is 2.75 bits per heavy atom. The van der Waals surface area contributed by atoms with Crippen molar-refractivity contribution in [1.82, 2.24) is 9.78 Å². The molecule has 0 N–H and O–H groups in total. The Morgan fingerprint density at radius 2 is 2.25 bits per heavy atom. The van der Waals surface area contributed by atoms with E-state index in [-0.39, 0.29) is 5.69 Å². The van der Waals surface area contributed by atoms with Crippen molar-refractivity contribution < 1.29 is 13.6 Å². The van der Waals surface area contributed by atoms with E-state index in [0.29, 0.717) is 15.4 Å². The van der Waals surface area contributed by atoms with Crippen molar-refractivity contribution in [2.45, 2.75) is 6.43 Å². The summed E-state index contributed by atoms with van der Waals surface area (Å²) in [7, 11) is 1.47. The van der Waals surface area contributed by atoms with Crippen LogP contribution >= 0.6 is 11.3 Å². The van der Waals surface area contributed by atoms with Crippen LogP contribution < -0.4 is 0 Å². The highest BCUT2D eigenvalue weighted by atomic mass is 32.1. The van der Waals surface area contributed by atoms with Gasteiger partial charge in [-0.1, -0.05) is 0 Å². The van der Waals surface area contributed by atoms with Crippen LogP contribution in [0.5, 0.6) is 0 Å². The molecule has 0 amide bonds. The first kappa shape index (κ1) is 10.9. The van der Waals surface area contributed by atoms with E-state index in [1.54, 1.807) is 12.1 Å². The summed E-state index contributed by atoms with van der Waals surface area (Å²) in [6.45, 7) is 0. The van der Waals surface area contributed by atoms with Crippen molar-refractivity contribution in [2.75, 3.05) is 0 Å². The van der Waals surface area contributed by atoms with Crippen LogP contribution in [0, 0.1) is 0 Å². The van der Waals surface area contributed by atoms with Crippen LogP contribution in [0.3, 0.4) is 0 Å². The highest BCUT2D eigenvalue weighted by molar-refractivity contribution is 7.17. The van der Waals surface area contributed by atoms with Gasteiger partial charge >= 0.3 is 0 Å². The van der Waals surface area contributed by atoms with Gasteiger partial charge in [0, 0.05) is 7.05 Å². The third-order valence-electron chi connectivity index (χ3n) is 2.13. The fraction of sp³-hybridized carbons (Fsp3) is 0.200. The lowest BCUT2D eigenvalue weighted by atomic mass is 10.3. The van der Waals surface area contributed by atoms with Gasteiger partial charge in [0.15, 0.2) is 6.29 Å². The Bertz CT molecular complexity index is 519. The number of hydrogen-bond acceptors (Lipinski definition) is 3. The number of carbonyl (C=O) groups is 1. The summed E-state index contributed by atoms with van der Waals surface area (Å²) in [5, 5.41) is 3.98. The van der Waals surface area contributed by atoms with E-state index in [0.717, 1.165) is 11.0 Å². The van der Waals surface area contributed by atoms with Gasteiger partial charge < -0.3 is 0 Å². The van der Waals surface area contributed by atoms with E-state index >= 15 is 0 Å². The Morgan fingerprint density at radius 1 is 1.50 bits per heavy atom. The largest absolute Gasteiger partial charge is 0.297 e. The molecule has 0 aliphatic rings. The number of thiophene rings is 1. The van der Waals surface area contributed by atoms with E-state index < -0.39 is 6.43 Å². The molecule has 0 bridgehead atoms. The topological polar surface area (TPSA) is 34.9 Å². The molecule has 0 aliphatic carbocycles. The first-order valence-electron chi connectivity index (χ1n) is 4.49. The van der Waals surface area contributed by atoms with Gasteiger partial charge in [0.05, 0.1) is 9.75 Å². The van der Waals surface area contributed by atoms with Gasteiger partial charge in [-0.25, -0.2) is 8.78 Å². The minimum Gasteiger partial charge on any atom is -0.297 e. The standard InChI is InChI=1S/C10H8F2N2OS/c1-14-8(10(11)12)4-7(13-14)9-3-2-6(5-15)16-9/h2-5,10H,1H3. The van der Waals surface area contributed by atoms with Crippen LogP contribution in [0.25, 0.3) is 10.6 Å². The monoisotopic (exact) mass is 242 g/mol. The van der Waals surface area contributed by atoms with Crippen LogP contribution in [-0.2, 0) is 7.05 Å². The van der Waals surface area contributed by atoms with E-state index in [1.807, 2.05) is 0 Å². The molecule has 84 valence electrons. The van der Waals surface area contributed by atoms with Crippen LogP contribution in [0.15, 0.2) is 18.2 Å². The number of aromatic nitrogens is 2. The quantitative estimate of drug-likeness (QED) is 0.776. The number of aryl methyl sites for hydroxylation is 1. The summed E-state index contributed by atoms with van der Waals surface area (Å²) in [4.78, 5) is 11.8. The molecule has 0 saturated heterocycles. The van der Waals surface area contributed by atoms with Crippen molar-refractivity contribution >= 4 is 17.6 Å². The number of hydrogen-bond donors (Lipinski definition) is 0. The maximum atomic E-state index is 12.5. The second-order valence-corrected chi connectivity index (χ2v) is 4.31. The second-order valence-electron chi connectivity index (χ2n) is 3.20. The van der Waals surface area contributed by atoms with Crippen molar-refractivity contribution in [2.24, 2.45) is 7.05 Å². The fourth-order valence-corrected chi connectivity index (χ4v) is 2.14. The van der Waals surface area contributed by atoms with E-state index in [9.17, 15) is 13.6 Å². The summed E-state index contributed by atoms with van der Waals surface area (Å²) in [5.41, 5.74) is 0.340. The molecule has 0 aliphatic heterocycles. The summed E-state index contributed by atoms with van der Waals surface area (Å²) in [6.07, 6.45) is -1.82. The lowest BCUT2D eigenvalue weighted by Gasteiger charge is -1.96. The minimum atomic E-state index is -2.54. The molecule has 2 rings (SSSR count). The molecule has 3 nitrogen and oxygen atoms in total. The smallest absolute Gasteiger partial charge is 0.280 e. The SMILES string of the molecule is Cn1nc(-c2ccc(C=O)s2)cc1C(F)F. The normalized spacial score (nSPS) is 11.0. The number of rotatable bonds is 3. The van der Waals surface area contributed by atoms with Gasteiger partial charge in [-0.2, -0.15) is 5.10 Å². The van der Waals surface area contributed by atoms with E-state index in [4.69, 9.17) is 0 Å². The number of halogens is 2. The third-order valence-corrected chi connectivity index (χ3v) is 3.17. The van der Waals surface area contributed by atoms with Gasteiger partial charge in [-0.15, -0.1) is 11.3 Å². The zero-order valence-electron chi connectivity index (χ0n) is 8.35. The summed E-state index contributed by atoms with van der Waals surface area (Å²) in [6, 6.07) is 4.68. The highest BCUT2D eigenvalue weighted by Crippen LogP contribution is 2.29. The molecule has 0 fully saturated rings. The van der Waals surface area contributed by atoms with Crippen molar-refractivity contribution in [3.8, 4) is 10.6 Å². The number of alkyl halides is 2. The fourth-order valence-electron chi connectivity index (χ4n) is 1.36. The van der Waals surface area contributed by atoms with Gasteiger partial charge in [-0.3, -0.25) is 9.48 Å². The lowest BCUT2D eigenvalue weighted by molar-refractivity contribution is 0.112. The van der Waals surface area contributed by atoms with Gasteiger partial charge in [0.25, 0.3) is 6.43 Å². The molecule has 2 aromatic heterocycles. The van der Waals surface area contributed by atoms with Crippen LogP contribution in [0.2, 0.25) is 0 Å². The van der Waals surface area contributed by atoms with Gasteiger partial charge in [0.2, 0.25) is 0 Å². The molecule has 0 aromatic carbocycles. The highest BCUT2D eigenvalue weighted by Gasteiger charge is 2.16. The van der Waals surface area contributed by atoms with Crippen LogP contribution in [0.4, 0.5) is 8.78 Å². The summed E-state index contributed by atoms with van der Waals surface area (Å²) < 4.78 is 26.2. The molecule has 16 heavy (non-hydrogen) atoms. The average molecular weight is 242 g/mol. The Kier molecular flexibility index (Phi) is 2.82. The lowest BCUT2D eigenvalue weighted by Crippen LogP contribution is -1.97. The maximum absolute atomic E-state index is 12.5. The first-order chi connectivity index (χ1) is 7.61. The summed E-state index contributed by atoms with van der Waals surface area (Å²) in [5.74, 6) is 0. The molecular weight excluding hydrogens is 234 g/mol. The van der Waals surface area contributed by atoms with Crippen molar-refractivity contribution in [3.63, 3.8) is 0 Å². The third kappa shape index (κ3) is 1.88. The zero-order chi connectivity index (χ0) is 11.7. The zero-order valence-corrected chi connectivity index (χ0v) is 9.17. The Hall–Kier alpha value is -1.56. The predicted octanol–water partition coefficient (Wildman–Crippen LogP) is 2.90. The molecule has 0 radical (unpaired) electrons. The van der Waals surface area contributed by atoms with Crippen LogP contribution in [0.1, 0.15) is 21.8 Å². The van der Waals surface area contributed by atoms with E-state index in [1.165, 1.54) is 24.5 Å². The van der Waals surface area contributed by atoms with Gasteiger partial charge in [0.1, 0.15) is 11.4 Å². The Labute approximate surface area is 94.3 Å². The van der Waals surface area contributed by atoms with Crippen molar-refractivity contribution in [1.29, 1.82) is 0 Å². The Balaban J connectivity index is 2.40. The van der Waals surface area contributed by atoms with E-state index in [2.05, 4.69) is 5.10 Å². The molecule has 0 spiro atoms. The molecule has 0 saturated carbocycles. The maximum Gasteiger partial charge on any atom is 0.280 e. The van der Waals surface area contributed by atoms with Crippen LogP contribution in [-0.4, -0.2) is 16.1 Å². The predicted molar refractivity (Wildman–Crippen MR) is 56.9 cm³/mol. The molecule has 0 unspecified atom stereocenters.